The van der Waals surface area contributed by atoms with Crippen LogP contribution in [-0.4, -0.2) is 40.3 Å². The van der Waals surface area contributed by atoms with Gasteiger partial charge < -0.3 is 5.73 Å². The Labute approximate surface area is 234 Å². The highest BCUT2D eigenvalue weighted by Crippen LogP contribution is 2.69. The lowest BCUT2D eigenvalue weighted by Crippen LogP contribution is -2.33. The average molecular weight is 534 g/mol. The van der Waals surface area contributed by atoms with Gasteiger partial charge in [-0.25, -0.2) is 29.9 Å². The molecule has 4 aromatic heterocycles. The summed E-state index contributed by atoms with van der Waals surface area (Å²) in [5, 5.41) is 0. The van der Waals surface area contributed by atoms with Gasteiger partial charge in [0.2, 0.25) is 0 Å². The number of rotatable bonds is 4. The summed E-state index contributed by atoms with van der Waals surface area (Å²) in [5.41, 5.74) is 10.3. The van der Waals surface area contributed by atoms with Gasteiger partial charge >= 0.3 is 0 Å². The molecule has 2 aliphatic carbocycles. The fraction of sp³-hybridized carbons (Fsp3) is 0.419. The van der Waals surface area contributed by atoms with Gasteiger partial charge in [0, 0.05) is 59.1 Å². The van der Waals surface area contributed by atoms with E-state index in [1.807, 2.05) is 16.8 Å². The first-order valence-electron chi connectivity index (χ1n) is 14.4. The van der Waals surface area contributed by atoms with E-state index < -0.39 is 0 Å². The van der Waals surface area contributed by atoms with Gasteiger partial charge in [0.25, 0.3) is 0 Å². The maximum Gasteiger partial charge on any atom is 0.198 e. The average Bonchev–Trinajstić information content (AvgIpc) is 3.52. The van der Waals surface area contributed by atoms with Gasteiger partial charge in [0.15, 0.2) is 22.9 Å². The molecule has 0 aromatic carbocycles. The number of anilines is 1. The first kappa shape index (κ1) is 24.9. The minimum Gasteiger partial charge on any atom is -0.382 e. The quantitative estimate of drug-likeness (QED) is 0.325. The fourth-order valence-corrected chi connectivity index (χ4v) is 6.91. The first-order chi connectivity index (χ1) is 19.4. The van der Waals surface area contributed by atoms with Crippen molar-refractivity contribution >= 4 is 34.8 Å². The summed E-state index contributed by atoms with van der Waals surface area (Å²) in [6.45, 7) is 8.89. The van der Waals surface area contributed by atoms with Crippen LogP contribution >= 0.6 is 0 Å². The van der Waals surface area contributed by atoms with Crippen LogP contribution in [0, 0.1) is 11.3 Å². The molecule has 0 spiro atoms. The highest BCUT2D eigenvalue weighted by Gasteiger charge is 2.64. The summed E-state index contributed by atoms with van der Waals surface area (Å²) >= 11 is 0. The van der Waals surface area contributed by atoms with Crippen molar-refractivity contribution in [3.05, 3.63) is 66.2 Å². The summed E-state index contributed by atoms with van der Waals surface area (Å²) in [4.78, 5) is 29.4. The van der Waals surface area contributed by atoms with Crippen LogP contribution in [0.4, 0.5) is 11.6 Å². The Balaban J connectivity index is 1.53. The molecule has 0 radical (unpaired) electrons. The molecule has 4 bridgehead atoms. The summed E-state index contributed by atoms with van der Waals surface area (Å²) < 4.78 is 4.29. The van der Waals surface area contributed by atoms with Crippen molar-refractivity contribution in [1.82, 2.24) is 34.1 Å². The molecule has 3 atom stereocenters. The number of imidazole rings is 2. The van der Waals surface area contributed by atoms with Gasteiger partial charge in [-0.1, -0.05) is 52.3 Å². The number of hydrogen-bond acceptors (Lipinski definition) is 7. The zero-order valence-electron chi connectivity index (χ0n) is 23.5. The lowest BCUT2D eigenvalue weighted by Gasteiger charge is -2.35. The Morgan fingerprint density at radius 1 is 1.10 bits per heavy atom. The third kappa shape index (κ3) is 3.46. The molecule has 9 heteroatoms. The first-order valence-corrected chi connectivity index (χ1v) is 14.4. The van der Waals surface area contributed by atoms with Crippen molar-refractivity contribution in [3.63, 3.8) is 0 Å². The van der Waals surface area contributed by atoms with Gasteiger partial charge in [-0.05, 0) is 37.5 Å². The number of allylic oxidation sites excluding steroid dienone is 4. The van der Waals surface area contributed by atoms with Crippen LogP contribution in [-0.2, 0) is 11.8 Å². The van der Waals surface area contributed by atoms with Crippen LogP contribution in [0.25, 0.3) is 22.8 Å². The van der Waals surface area contributed by atoms with Gasteiger partial charge in [-0.3, -0.25) is 9.13 Å². The number of aliphatic imine (C=N–C) groups is 1. The molecule has 40 heavy (non-hydrogen) atoms. The van der Waals surface area contributed by atoms with Crippen LogP contribution in [0.15, 0.2) is 53.8 Å². The van der Waals surface area contributed by atoms with Crippen LogP contribution in [0.3, 0.4) is 0 Å². The van der Waals surface area contributed by atoms with Gasteiger partial charge in [0.1, 0.15) is 17.5 Å². The van der Waals surface area contributed by atoms with E-state index >= 15 is 0 Å². The summed E-state index contributed by atoms with van der Waals surface area (Å²) in [5.74, 6) is 4.02. The molecule has 2 N–H and O–H groups in total. The van der Waals surface area contributed by atoms with Crippen molar-refractivity contribution in [2.75, 3.05) is 5.73 Å². The van der Waals surface area contributed by atoms with Crippen LogP contribution < -0.4 is 5.73 Å². The van der Waals surface area contributed by atoms with E-state index in [0.717, 1.165) is 54.5 Å². The molecule has 9 nitrogen and oxygen atoms in total. The topological polar surface area (TPSA) is 113 Å². The normalized spacial score (nSPS) is 24.4. The molecule has 0 saturated heterocycles. The number of nitrogens with zero attached hydrogens (tertiary/aromatic N) is 8. The van der Waals surface area contributed by atoms with Gasteiger partial charge in [-0.2, -0.15) is 0 Å². The number of nitrogen functional groups attached to an aromatic ring is 1. The Kier molecular flexibility index (Phi) is 5.56. The fourth-order valence-electron chi connectivity index (χ4n) is 6.91. The SMILES string of the molecule is CCC=Nc1nc2n(c1N)-c1cccc(n1)C(C)(C)C13C=CC=C(C1C3)n1c(nc3nccnc31)CC2CCC. The third-order valence-electron chi connectivity index (χ3n) is 9.16. The molecule has 3 unspecified atom stereocenters. The second-order valence-electron chi connectivity index (χ2n) is 11.7. The van der Waals surface area contributed by atoms with Crippen LogP contribution in [0.1, 0.15) is 76.6 Å². The third-order valence-corrected chi connectivity index (χ3v) is 9.16. The molecular weight excluding hydrogens is 498 g/mol. The van der Waals surface area contributed by atoms with E-state index in [-0.39, 0.29) is 16.7 Å². The van der Waals surface area contributed by atoms with Crippen molar-refractivity contribution in [2.45, 2.75) is 71.1 Å². The number of pyridine rings is 1. The van der Waals surface area contributed by atoms with Crippen LogP contribution in [0.2, 0.25) is 0 Å². The number of hydrogen-bond donors (Lipinski definition) is 1. The summed E-state index contributed by atoms with van der Waals surface area (Å²) in [6, 6.07) is 6.27. The second kappa shape index (κ2) is 8.94. The zero-order valence-corrected chi connectivity index (χ0v) is 23.5. The second-order valence-corrected chi connectivity index (χ2v) is 11.7. The highest BCUT2D eigenvalue weighted by atomic mass is 15.2. The molecule has 7 rings (SSSR count). The highest BCUT2D eigenvalue weighted by molar-refractivity contribution is 5.76. The molecule has 3 aliphatic rings. The minimum absolute atomic E-state index is 0.0383. The largest absolute Gasteiger partial charge is 0.382 e. The van der Waals surface area contributed by atoms with E-state index in [1.54, 1.807) is 12.4 Å². The van der Waals surface area contributed by atoms with E-state index in [2.05, 4.69) is 72.6 Å². The molecule has 1 saturated carbocycles. The van der Waals surface area contributed by atoms with Crippen LogP contribution in [0.5, 0.6) is 0 Å². The number of aromatic nitrogens is 7. The van der Waals surface area contributed by atoms with E-state index in [4.69, 9.17) is 25.7 Å². The van der Waals surface area contributed by atoms with E-state index in [1.165, 1.54) is 5.70 Å². The van der Waals surface area contributed by atoms with Crippen molar-refractivity contribution in [1.29, 1.82) is 0 Å². The Bertz CT molecular complexity index is 1720. The Hall–Kier alpha value is -4.14. The predicted octanol–water partition coefficient (Wildman–Crippen LogP) is 5.94. The molecule has 204 valence electrons. The van der Waals surface area contributed by atoms with E-state index in [9.17, 15) is 0 Å². The monoisotopic (exact) mass is 533 g/mol. The lowest BCUT2D eigenvalue weighted by atomic mass is 9.70. The standard InChI is InChI=1S/C31H35N9/c1-5-9-19-17-24-37-27-29(35-16-15-34-27)39(24)21-10-8-13-31(18-20(21)31)30(3,4)22-11-7-12-23(36-22)40-25(32)26(33-14-6-2)38-28(19)40/h7-8,10-16,19-20H,5-6,9,17-18,32H2,1-4H3. The molecule has 1 aliphatic heterocycles. The van der Waals surface area contributed by atoms with Crippen molar-refractivity contribution in [3.8, 4) is 5.82 Å². The maximum absolute atomic E-state index is 6.80. The number of nitrogens with two attached hydrogens (primary N) is 1. The summed E-state index contributed by atoms with van der Waals surface area (Å²) in [6.07, 6.45) is 16.6. The molecule has 0 amide bonds. The Morgan fingerprint density at radius 3 is 2.77 bits per heavy atom. The summed E-state index contributed by atoms with van der Waals surface area (Å²) in [7, 11) is 0. The van der Waals surface area contributed by atoms with E-state index in [0.29, 0.717) is 29.6 Å². The van der Waals surface area contributed by atoms with Crippen molar-refractivity contribution < 1.29 is 0 Å². The van der Waals surface area contributed by atoms with Crippen molar-refractivity contribution in [2.24, 2.45) is 16.3 Å². The Morgan fingerprint density at radius 2 is 1.95 bits per heavy atom. The molecule has 4 aromatic rings. The minimum atomic E-state index is -0.235. The zero-order chi connectivity index (χ0) is 27.6. The molecule has 1 fully saturated rings. The smallest absolute Gasteiger partial charge is 0.198 e. The predicted molar refractivity (Wildman–Crippen MR) is 158 cm³/mol. The lowest BCUT2D eigenvalue weighted by molar-refractivity contribution is 0.334. The number of fused-ring (bicyclic) bond motifs is 8. The molecular formula is C31H35N9. The van der Waals surface area contributed by atoms with Gasteiger partial charge in [-0.15, -0.1) is 0 Å². The maximum atomic E-state index is 6.80. The molecule has 5 heterocycles. The van der Waals surface area contributed by atoms with Gasteiger partial charge in [0.05, 0.1) is 0 Å².